The van der Waals surface area contributed by atoms with Crippen LogP contribution < -0.4 is 18.9 Å². The van der Waals surface area contributed by atoms with Crippen LogP contribution in [0.2, 0.25) is 0 Å². The van der Waals surface area contributed by atoms with Crippen molar-refractivity contribution in [2.75, 3.05) is 28.4 Å². The first-order valence-corrected chi connectivity index (χ1v) is 11.0. The van der Waals surface area contributed by atoms with Crippen LogP contribution in [0.3, 0.4) is 0 Å². The molecule has 4 rings (SSSR count). The van der Waals surface area contributed by atoms with E-state index in [0.29, 0.717) is 33.9 Å². The maximum absolute atomic E-state index is 13.3. The Morgan fingerprint density at radius 2 is 1.78 bits per heavy atom. The lowest BCUT2D eigenvalue weighted by Gasteiger charge is -2.20. The van der Waals surface area contributed by atoms with Crippen molar-refractivity contribution in [1.82, 2.24) is 4.98 Å². The summed E-state index contributed by atoms with van der Waals surface area (Å²) in [5.41, 5.74) is 1.73. The number of carbonyl (C=O) groups is 2. The second kappa shape index (κ2) is 10.4. The molecule has 0 spiro atoms. The van der Waals surface area contributed by atoms with E-state index < -0.39 is 11.9 Å². The van der Waals surface area contributed by atoms with Crippen LogP contribution >= 0.6 is 0 Å². The van der Waals surface area contributed by atoms with Crippen LogP contribution in [0, 0.1) is 0 Å². The largest absolute Gasteiger partial charge is 0.508 e. The van der Waals surface area contributed by atoms with Crippen LogP contribution in [-0.2, 0) is 9.53 Å². The molecule has 0 unspecified atom stereocenters. The Morgan fingerprint density at radius 1 is 1.06 bits per heavy atom. The lowest BCUT2D eigenvalue weighted by Crippen LogP contribution is -2.11. The number of rotatable bonds is 8. The summed E-state index contributed by atoms with van der Waals surface area (Å²) in [6.45, 7) is 0. The van der Waals surface area contributed by atoms with Gasteiger partial charge in [-0.2, -0.15) is 0 Å². The number of hydrogen-bond donors (Lipinski definition) is 1. The molecule has 36 heavy (non-hydrogen) atoms. The Bertz CT molecular complexity index is 1330. The van der Waals surface area contributed by atoms with Crippen molar-refractivity contribution in [3.05, 3.63) is 76.8 Å². The van der Waals surface area contributed by atoms with E-state index in [1.165, 1.54) is 46.6 Å². The minimum Gasteiger partial charge on any atom is -0.508 e. The fourth-order valence-corrected chi connectivity index (χ4v) is 4.12. The zero-order chi connectivity index (χ0) is 25.8. The van der Waals surface area contributed by atoms with Gasteiger partial charge in [-0.3, -0.25) is 14.6 Å². The first-order chi connectivity index (χ1) is 17.4. The maximum atomic E-state index is 13.3. The number of methoxy groups -OCH3 is 4. The first-order valence-electron chi connectivity index (χ1n) is 11.0. The van der Waals surface area contributed by atoms with Crippen LogP contribution in [-0.4, -0.2) is 50.3 Å². The van der Waals surface area contributed by atoms with Crippen molar-refractivity contribution in [3.63, 3.8) is 0 Å². The fourth-order valence-electron chi connectivity index (χ4n) is 4.12. The van der Waals surface area contributed by atoms with E-state index >= 15 is 0 Å². The van der Waals surface area contributed by atoms with Gasteiger partial charge in [0.25, 0.3) is 0 Å². The molecule has 1 aliphatic rings. The summed E-state index contributed by atoms with van der Waals surface area (Å²) in [6, 6.07) is 9.71. The number of nitrogens with zero attached hydrogens (tertiary/aromatic N) is 1. The number of allylic oxidation sites excluding steroid dienone is 1. The van der Waals surface area contributed by atoms with Gasteiger partial charge in [-0.15, -0.1) is 0 Å². The highest BCUT2D eigenvalue weighted by Crippen LogP contribution is 2.47. The summed E-state index contributed by atoms with van der Waals surface area (Å²) in [6.07, 6.45) is 4.63. The molecule has 0 bridgehead atoms. The molecule has 0 fully saturated rings. The predicted octanol–water partition coefficient (Wildman–Crippen LogP) is 4.12. The highest BCUT2D eigenvalue weighted by Gasteiger charge is 2.35. The second-order valence-corrected chi connectivity index (χ2v) is 7.88. The average molecular weight is 491 g/mol. The maximum Gasteiger partial charge on any atom is 0.306 e. The number of phenolic OH excluding ortho intramolecular Hbond substituents is 1. The van der Waals surface area contributed by atoms with E-state index in [9.17, 15) is 14.7 Å². The molecule has 3 aromatic rings. The third kappa shape index (κ3) is 4.55. The van der Waals surface area contributed by atoms with Gasteiger partial charge in [-0.05, 0) is 35.9 Å². The Kier molecular flexibility index (Phi) is 7.10. The quantitative estimate of drug-likeness (QED) is 0.367. The molecule has 1 aliphatic heterocycles. The molecular weight excluding hydrogens is 466 g/mol. The van der Waals surface area contributed by atoms with Gasteiger partial charge in [0.1, 0.15) is 17.2 Å². The predicted molar refractivity (Wildman–Crippen MR) is 130 cm³/mol. The molecular formula is C27H25NO8. The Hall–Kier alpha value is -4.53. The highest BCUT2D eigenvalue weighted by molar-refractivity contribution is 6.15. The molecule has 0 saturated carbocycles. The molecule has 9 heteroatoms. The number of benzene rings is 2. The molecule has 9 nitrogen and oxygen atoms in total. The molecule has 0 amide bonds. The van der Waals surface area contributed by atoms with E-state index in [2.05, 4.69) is 4.98 Å². The molecule has 0 radical (unpaired) electrons. The number of pyridine rings is 1. The van der Waals surface area contributed by atoms with Gasteiger partial charge in [-0.25, -0.2) is 0 Å². The lowest BCUT2D eigenvalue weighted by atomic mass is 9.87. The van der Waals surface area contributed by atoms with Crippen molar-refractivity contribution in [3.8, 4) is 28.7 Å². The topological polar surface area (TPSA) is 113 Å². The molecule has 186 valence electrons. The van der Waals surface area contributed by atoms with Gasteiger partial charge in [0.2, 0.25) is 5.78 Å². The van der Waals surface area contributed by atoms with Crippen LogP contribution in [0.4, 0.5) is 0 Å². The molecule has 1 N–H and O–H groups in total. The third-order valence-corrected chi connectivity index (χ3v) is 5.91. The number of aromatic nitrogens is 1. The molecule has 0 aliphatic carbocycles. The number of fused-ring (bicyclic) bond motifs is 1. The smallest absolute Gasteiger partial charge is 0.306 e. The number of phenols is 1. The summed E-state index contributed by atoms with van der Waals surface area (Å²) >= 11 is 0. The van der Waals surface area contributed by atoms with Gasteiger partial charge in [0, 0.05) is 35.5 Å². The Labute approximate surface area is 207 Å². The van der Waals surface area contributed by atoms with E-state index in [1.54, 1.807) is 36.7 Å². The van der Waals surface area contributed by atoms with E-state index in [-0.39, 0.29) is 35.0 Å². The van der Waals surface area contributed by atoms with Gasteiger partial charge in [-0.1, -0.05) is 6.07 Å². The summed E-state index contributed by atoms with van der Waals surface area (Å²) in [7, 11) is 5.80. The van der Waals surface area contributed by atoms with Crippen molar-refractivity contribution >= 4 is 17.8 Å². The normalized spacial score (nSPS) is 14.1. The van der Waals surface area contributed by atoms with Crippen LogP contribution in [0.15, 0.2) is 54.6 Å². The van der Waals surface area contributed by atoms with Crippen LogP contribution in [0.25, 0.3) is 6.08 Å². The standard InChI is InChI=1S/C27H25NO8/c1-32-20-13-22(34-3)21(33-2)10-16(20)11-23-26(31)17-7-8-19(29)25(27(17)36-23)18(12-24(30)35-4)15-6-5-9-28-14-15/h5-11,13-14,18,29H,12H2,1-4H3/b23-11-/t18-/m0/s1. The van der Waals surface area contributed by atoms with E-state index in [0.717, 1.165) is 0 Å². The minimum absolute atomic E-state index is 0.0189. The summed E-state index contributed by atoms with van der Waals surface area (Å²) < 4.78 is 27.1. The van der Waals surface area contributed by atoms with Gasteiger partial charge >= 0.3 is 5.97 Å². The van der Waals surface area contributed by atoms with Crippen LogP contribution in [0.5, 0.6) is 28.7 Å². The molecule has 2 aromatic carbocycles. The van der Waals surface area contributed by atoms with E-state index in [4.69, 9.17) is 23.7 Å². The van der Waals surface area contributed by atoms with Crippen molar-refractivity contribution in [2.24, 2.45) is 0 Å². The average Bonchev–Trinajstić information content (AvgIpc) is 3.22. The summed E-state index contributed by atoms with van der Waals surface area (Å²) in [4.78, 5) is 29.7. The van der Waals surface area contributed by atoms with Crippen molar-refractivity contribution in [2.45, 2.75) is 12.3 Å². The second-order valence-electron chi connectivity index (χ2n) is 7.88. The SMILES string of the molecule is COC(=O)C[C@@H](c1cccnc1)c1c(O)ccc2c1O/C(=C\c1cc(OC)c(OC)cc1OC)C2=O. The minimum atomic E-state index is -0.663. The third-order valence-electron chi connectivity index (χ3n) is 5.91. The number of hydrogen-bond acceptors (Lipinski definition) is 9. The molecule has 0 saturated heterocycles. The fraction of sp³-hybridized carbons (Fsp3) is 0.222. The molecule has 1 aromatic heterocycles. The number of ketones is 1. The Morgan fingerprint density at radius 3 is 2.42 bits per heavy atom. The number of carbonyl (C=O) groups excluding carboxylic acids is 2. The monoisotopic (exact) mass is 491 g/mol. The van der Waals surface area contributed by atoms with Crippen molar-refractivity contribution in [1.29, 1.82) is 0 Å². The first kappa shape index (κ1) is 24.6. The van der Waals surface area contributed by atoms with Crippen molar-refractivity contribution < 1.29 is 38.4 Å². The summed E-state index contributed by atoms with van der Waals surface area (Å²) in [5.74, 6) is -0.118. The zero-order valence-electron chi connectivity index (χ0n) is 20.2. The van der Waals surface area contributed by atoms with E-state index in [1.807, 2.05) is 0 Å². The lowest BCUT2D eigenvalue weighted by molar-refractivity contribution is -0.140. The number of esters is 1. The molecule has 1 atom stereocenters. The number of ether oxygens (including phenoxy) is 5. The number of Topliss-reactive ketones (excluding diaryl/α,β-unsaturated/α-hetero) is 1. The van der Waals surface area contributed by atoms with Crippen LogP contribution in [0.1, 0.15) is 39.4 Å². The van der Waals surface area contributed by atoms with Gasteiger partial charge in [0.05, 0.1) is 40.4 Å². The molecule has 2 heterocycles. The van der Waals surface area contributed by atoms with Gasteiger partial charge < -0.3 is 28.8 Å². The number of aromatic hydroxyl groups is 1. The highest BCUT2D eigenvalue weighted by atomic mass is 16.5. The zero-order valence-corrected chi connectivity index (χ0v) is 20.2. The Balaban J connectivity index is 1.82. The van der Waals surface area contributed by atoms with Gasteiger partial charge in [0.15, 0.2) is 17.3 Å². The summed E-state index contributed by atoms with van der Waals surface area (Å²) in [5, 5.41) is 10.8.